The summed E-state index contributed by atoms with van der Waals surface area (Å²) in [7, 11) is 2.74. The molecule has 0 N–H and O–H groups in total. The molecule has 0 radical (unpaired) electrons. The first kappa shape index (κ1) is 16.6. The first-order chi connectivity index (χ1) is 11.8. The van der Waals surface area contributed by atoms with Crippen molar-refractivity contribution in [2.75, 3.05) is 7.11 Å². The molecule has 0 aliphatic carbocycles. The van der Waals surface area contributed by atoms with E-state index in [2.05, 4.69) is 15.1 Å². The van der Waals surface area contributed by atoms with Crippen LogP contribution in [0.3, 0.4) is 0 Å². The summed E-state index contributed by atoms with van der Waals surface area (Å²) in [5.74, 6) is -0.0127. The number of nitrogens with zero attached hydrogens (tertiary/aromatic N) is 6. The van der Waals surface area contributed by atoms with E-state index in [4.69, 9.17) is 9.26 Å². The molecule has 0 aromatic carbocycles. The minimum atomic E-state index is -0.777. The molecule has 0 bridgehead atoms. The van der Waals surface area contributed by atoms with Gasteiger partial charge in [-0.1, -0.05) is 5.16 Å². The summed E-state index contributed by atoms with van der Waals surface area (Å²) >= 11 is 0. The maximum Gasteiger partial charge on any atom is 0.332 e. The maximum absolute atomic E-state index is 12.9. The highest BCUT2D eigenvalue weighted by molar-refractivity contribution is 5.78. The Morgan fingerprint density at radius 1 is 1.40 bits per heavy atom. The molecule has 11 heteroatoms. The molecule has 3 rings (SSSR count). The van der Waals surface area contributed by atoms with Crippen LogP contribution in [0.15, 0.2) is 20.4 Å². The predicted octanol–water partition coefficient (Wildman–Crippen LogP) is -0.630. The Morgan fingerprint density at radius 2 is 2.12 bits per heavy atom. The molecule has 11 nitrogen and oxygen atoms in total. The van der Waals surface area contributed by atoms with Crippen LogP contribution in [-0.4, -0.2) is 41.9 Å². The van der Waals surface area contributed by atoms with Gasteiger partial charge in [-0.15, -0.1) is 0 Å². The van der Waals surface area contributed by atoms with Crippen LogP contribution < -0.4 is 11.2 Å². The molecule has 0 fully saturated rings. The van der Waals surface area contributed by atoms with Crippen LogP contribution in [0.5, 0.6) is 0 Å². The Balaban J connectivity index is 2.23. The van der Waals surface area contributed by atoms with Gasteiger partial charge in [-0.2, -0.15) is 4.98 Å². The minimum Gasteiger partial charge on any atom is -0.467 e. The van der Waals surface area contributed by atoms with Crippen molar-refractivity contribution in [3.63, 3.8) is 0 Å². The molecule has 3 aromatic heterocycles. The van der Waals surface area contributed by atoms with E-state index in [1.165, 1.54) is 29.6 Å². The highest BCUT2D eigenvalue weighted by Crippen LogP contribution is 2.14. The van der Waals surface area contributed by atoms with Crippen LogP contribution in [0, 0.1) is 6.92 Å². The lowest BCUT2D eigenvalue weighted by Crippen LogP contribution is -2.40. The topological polar surface area (TPSA) is 127 Å². The maximum atomic E-state index is 12.9. The summed E-state index contributed by atoms with van der Waals surface area (Å²) in [5.41, 5.74) is -0.892. The molecule has 3 heterocycles. The number of ether oxygens (including phenoxy) is 1. The number of esters is 1. The van der Waals surface area contributed by atoms with Gasteiger partial charge in [-0.3, -0.25) is 13.9 Å². The normalized spacial score (nSPS) is 12.5. The third-order valence-electron chi connectivity index (χ3n) is 3.89. The van der Waals surface area contributed by atoms with Crippen molar-refractivity contribution in [3.05, 3.63) is 38.9 Å². The number of rotatable bonds is 4. The first-order valence-electron chi connectivity index (χ1n) is 7.38. The third kappa shape index (κ3) is 2.62. The molecule has 0 unspecified atom stereocenters. The van der Waals surface area contributed by atoms with Crippen LogP contribution in [-0.2, 0) is 23.1 Å². The average Bonchev–Trinajstić information content (AvgIpc) is 3.21. The minimum absolute atomic E-state index is 0.111. The molecule has 0 aliphatic rings. The Hall–Kier alpha value is -3.24. The zero-order valence-corrected chi connectivity index (χ0v) is 14.1. The van der Waals surface area contributed by atoms with Crippen LogP contribution in [0.4, 0.5) is 0 Å². The van der Waals surface area contributed by atoms with Gasteiger partial charge in [0, 0.05) is 14.0 Å². The van der Waals surface area contributed by atoms with Gasteiger partial charge < -0.3 is 13.8 Å². The Morgan fingerprint density at radius 3 is 2.72 bits per heavy atom. The lowest BCUT2D eigenvalue weighted by atomic mass is 10.3. The Labute approximate surface area is 140 Å². The number of hydrogen-bond acceptors (Lipinski definition) is 8. The number of methoxy groups -OCH3 is 1. The highest BCUT2D eigenvalue weighted by atomic mass is 16.5. The van der Waals surface area contributed by atoms with Crippen LogP contribution in [0.1, 0.15) is 24.7 Å². The van der Waals surface area contributed by atoms with Gasteiger partial charge in [0.2, 0.25) is 5.89 Å². The lowest BCUT2D eigenvalue weighted by Gasteiger charge is -2.12. The number of fused-ring (bicyclic) bond motifs is 1. The van der Waals surface area contributed by atoms with Crippen molar-refractivity contribution in [2.24, 2.45) is 7.05 Å². The second-order valence-electron chi connectivity index (χ2n) is 5.49. The SMILES string of the molecule is COC(=O)[C@H](C)n1cnc2c1c(=O)n(Cc1noc(C)n1)c(=O)n2C. The number of carbonyl (C=O) groups is 1. The molecule has 0 saturated carbocycles. The van der Waals surface area contributed by atoms with E-state index in [1.807, 2.05) is 0 Å². The van der Waals surface area contributed by atoms with Gasteiger partial charge >= 0.3 is 11.7 Å². The number of hydrogen-bond donors (Lipinski definition) is 0. The molecule has 1 atom stereocenters. The molecular formula is C14H16N6O5. The zero-order valence-electron chi connectivity index (χ0n) is 14.1. The zero-order chi connectivity index (χ0) is 18.3. The largest absolute Gasteiger partial charge is 0.467 e. The summed E-state index contributed by atoms with van der Waals surface area (Å²) < 4.78 is 13.1. The van der Waals surface area contributed by atoms with Crippen molar-refractivity contribution in [2.45, 2.75) is 26.4 Å². The van der Waals surface area contributed by atoms with Gasteiger partial charge in [0.15, 0.2) is 17.0 Å². The average molecular weight is 348 g/mol. The van der Waals surface area contributed by atoms with E-state index < -0.39 is 23.3 Å². The standard InChI is InChI=1S/C14H16N6O5/c1-7(13(22)24-4)20-6-15-11-10(20)12(21)19(14(23)18(11)3)5-9-16-8(2)25-17-9/h6-7H,5H2,1-4H3/t7-/m0/s1. The lowest BCUT2D eigenvalue weighted by molar-refractivity contribution is -0.143. The molecule has 0 saturated heterocycles. The number of imidazole rings is 1. The van der Waals surface area contributed by atoms with E-state index in [0.29, 0.717) is 5.89 Å². The smallest absolute Gasteiger partial charge is 0.332 e. The molecular weight excluding hydrogens is 332 g/mol. The summed E-state index contributed by atoms with van der Waals surface area (Å²) in [6, 6.07) is -0.777. The van der Waals surface area contributed by atoms with Gasteiger partial charge in [-0.25, -0.2) is 14.6 Å². The van der Waals surface area contributed by atoms with E-state index in [0.717, 1.165) is 4.57 Å². The molecule has 0 aliphatic heterocycles. The predicted molar refractivity (Wildman–Crippen MR) is 84.1 cm³/mol. The number of aromatic nitrogens is 6. The Kier molecular flexibility index (Phi) is 3.99. The van der Waals surface area contributed by atoms with Crippen molar-refractivity contribution in [1.29, 1.82) is 0 Å². The van der Waals surface area contributed by atoms with Crippen molar-refractivity contribution in [3.8, 4) is 0 Å². The fourth-order valence-corrected chi connectivity index (χ4v) is 2.55. The second-order valence-corrected chi connectivity index (χ2v) is 5.49. The summed E-state index contributed by atoms with van der Waals surface area (Å²) in [6.07, 6.45) is 1.33. The summed E-state index contributed by atoms with van der Waals surface area (Å²) in [4.78, 5) is 45.2. The highest BCUT2D eigenvalue weighted by Gasteiger charge is 2.23. The number of aryl methyl sites for hydroxylation is 2. The monoisotopic (exact) mass is 348 g/mol. The fourth-order valence-electron chi connectivity index (χ4n) is 2.55. The van der Waals surface area contributed by atoms with Crippen molar-refractivity contribution >= 4 is 17.1 Å². The first-order valence-corrected chi connectivity index (χ1v) is 7.38. The summed E-state index contributed by atoms with van der Waals surface area (Å²) in [6.45, 7) is 3.02. The molecule has 0 amide bonds. The fraction of sp³-hybridized carbons (Fsp3) is 0.429. The van der Waals surface area contributed by atoms with E-state index in [-0.39, 0.29) is 23.5 Å². The third-order valence-corrected chi connectivity index (χ3v) is 3.89. The van der Waals surface area contributed by atoms with Crippen LogP contribution >= 0.6 is 0 Å². The van der Waals surface area contributed by atoms with Gasteiger partial charge in [0.1, 0.15) is 6.04 Å². The van der Waals surface area contributed by atoms with Crippen LogP contribution in [0.2, 0.25) is 0 Å². The van der Waals surface area contributed by atoms with E-state index >= 15 is 0 Å². The summed E-state index contributed by atoms with van der Waals surface area (Å²) in [5, 5.41) is 3.70. The van der Waals surface area contributed by atoms with Gasteiger partial charge in [0.05, 0.1) is 20.0 Å². The van der Waals surface area contributed by atoms with Crippen molar-refractivity contribution < 1.29 is 14.1 Å². The second kappa shape index (κ2) is 6.00. The molecule has 132 valence electrons. The molecule has 3 aromatic rings. The van der Waals surface area contributed by atoms with E-state index in [1.54, 1.807) is 13.8 Å². The van der Waals surface area contributed by atoms with Crippen molar-refractivity contribution in [1.82, 2.24) is 28.8 Å². The van der Waals surface area contributed by atoms with E-state index in [9.17, 15) is 14.4 Å². The number of carbonyl (C=O) groups excluding carboxylic acids is 1. The quantitative estimate of drug-likeness (QED) is 0.570. The molecule has 0 spiro atoms. The Bertz CT molecular complexity index is 1070. The van der Waals surface area contributed by atoms with Gasteiger partial charge in [0.25, 0.3) is 5.56 Å². The van der Waals surface area contributed by atoms with Gasteiger partial charge in [-0.05, 0) is 6.92 Å². The van der Waals surface area contributed by atoms with Crippen LogP contribution in [0.25, 0.3) is 11.2 Å². The molecule has 25 heavy (non-hydrogen) atoms.